The number of nitrogens with zero attached hydrogens (tertiary/aromatic N) is 1. The Kier molecular flexibility index (Phi) is 6.90. The molecule has 152 valence electrons. The lowest BCUT2D eigenvalue weighted by atomic mass is 10.1. The van der Waals surface area contributed by atoms with Crippen LogP contribution in [0.5, 0.6) is 5.75 Å². The predicted molar refractivity (Wildman–Crippen MR) is 115 cm³/mol. The SMILES string of the molecule is COc1ccc(Cl)cc1/C=C/C(=O)Nc1ccccc1CN1CCCC1C(N)=O. The van der Waals surface area contributed by atoms with Crippen LogP contribution in [0.2, 0.25) is 5.02 Å². The van der Waals surface area contributed by atoms with Crippen molar-refractivity contribution in [2.75, 3.05) is 19.0 Å². The number of primary amides is 1. The number of para-hydroxylation sites is 1. The van der Waals surface area contributed by atoms with Crippen molar-refractivity contribution in [1.29, 1.82) is 0 Å². The number of likely N-dealkylation sites (tertiary alicyclic amines) is 1. The van der Waals surface area contributed by atoms with Crippen LogP contribution in [-0.4, -0.2) is 36.4 Å². The molecule has 2 amide bonds. The summed E-state index contributed by atoms with van der Waals surface area (Å²) in [6.07, 6.45) is 4.81. The Morgan fingerprint density at radius 2 is 2.10 bits per heavy atom. The molecule has 29 heavy (non-hydrogen) atoms. The van der Waals surface area contributed by atoms with Crippen LogP contribution in [0.15, 0.2) is 48.5 Å². The number of carbonyl (C=O) groups is 2. The van der Waals surface area contributed by atoms with Gasteiger partial charge in [-0.2, -0.15) is 0 Å². The molecule has 0 saturated carbocycles. The molecule has 3 N–H and O–H groups in total. The maximum absolute atomic E-state index is 12.5. The van der Waals surface area contributed by atoms with Gasteiger partial charge in [-0.1, -0.05) is 29.8 Å². The van der Waals surface area contributed by atoms with Gasteiger partial charge in [0, 0.05) is 28.9 Å². The molecule has 0 spiro atoms. The minimum Gasteiger partial charge on any atom is -0.496 e. The van der Waals surface area contributed by atoms with Crippen LogP contribution in [0.3, 0.4) is 0 Å². The highest BCUT2D eigenvalue weighted by Gasteiger charge is 2.29. The van der Waals surface area contributed by atoms with Gasteiger partial charge in [0.2, 0.25) is 11.8 Å². The van der Waals surface area contributed by atoms with Crippen molar-refractivity contribution >= 4 is 35.2 Å². The van der Waals surface area contributed by atoms with E-state index in [0.29, 0.717) is 28.6 Å². The smallest absolute Gasteiger partial charge is 0.248 e. The third-order valence-corrected chi connectivity index (χ3v) is 5.18. The van der Waals surface area contributed by atoms with Crippen LogP contribution in [-0.2, 0) is 16.1 Å². The first-order valence-electron chi connectivity index (χ1n) is 9.42. The van der Waals surface area contributed by atoms with Gasteiger partial charge < -0.3 is 15.8 Å². The molecule has 0 radical (unpaired) electrons. The van der Waals surface area contributed by atoms with E-state index in [1.54, 1.807) is 31.4 Å². The Hall–Kier alpha value is -2.83. The third-order valence-electron chi connectivity index (χ3n) is 4.95. The lowest BCUT2D eigenvalue weighted by Gasteiger charge is -2.23. The number of hydrogen-bond donors (Lipinski definition) is 2. The van der Waals surface area contributed by atoms with Crippen molar-refractivity contribution in [2.45, 2.75) is 25.4 Å². The molecule has 1 aliphatic rings. The lowest BCUT2D eigenvalue weighted by Crippen LogP contribution is -2.39. The fraction of sp³-hybridized carbons (Fsp3) is 0.273. The molecule has 0 bridgehead atoms. The molecular weight excluding hydrogens is 390 g/mol. The van der Waals surface area contributed by atoms with Gasteiger partial charge in [0.1, 0.15) is 5.75 Å². The van der Waals surface area contributed by atoms with E-state index in [1.165, 1.54) is 6.08 Å². The zero-order valence-corrected chi connectivity index (χ0v) is 17.0. The van der Waals surface area contributed by atoms with Gasteiger partial charge in [-0.3, -0.25) is 14.5 Å². The van der Waals surface area contributed by atoms with Gasteiger partial charge in [0.15, 0.2) is 0 Å². The molecule has 3 rings (SSSR count). The third kappa shape index (κ3) is 5.37. The Balaban J connectivity index is 1.71. The Morgan fingerprint density at radius 1 is 1.31 bits per heavy atom. The summed E-state index contributed by atoms with van der Waals surface area (Å²) in [6.45, 7) is 1.36. The van der Waals surface area contributed by atoms with Crippen LogP contribution < -0.4 is 15.8 Å². The molecular formula is C22H24ClN3O3. The summed E-state index contributed by atoms with van der Waals surface area (Å²) in [4.78, 5) is 26.2. The highest BCUT2D eigenvalue weighted by atomic mass is 35.5. The molecule has 0 aliphatic carbocycles. The minimum atomic E-state index is -0.303. The van der Waals surface area contributed by atoms with Crippen molar-refractivity contribution in [1.82, 2.24) is 4.90 Å². The number of rotatable bonds is 7. The first kappa shape index (κ1) is 20.9. The van der Waals surface area contributed by atoms with Gasteiger partial charge >= 0.3 is 0 Å². The second kappa shape index (κ2) is 9.58. The number of nitrogens with one attached hydrogen (secondary N) is 1. The molecule has 1 unspecified atom stereocenters. The Labute approximate surface area is 175 Å². The number of methoxy groups -OCH3 is 1. The molecule has 6 nitrogen and oxygen atoms in total. The second-order valence-electron chi connectivity index (χ2n) is 6.90. The number of anilines is 1. The summed E-state index contributed by atoms with van der Waals surface area (Å²) in [6, 6.07) is 12.5. The number of hydrogen-bond acceptors (Lipinski definition) is 4. The molecule has 1 saturated heterocycles. The zero-order chi connectivity index (χ0) is 20.8. The van der Waals surface area contributed by atoms with Crippen LogP contribution in [0, 0.1) is 0 Å². The molecule has 1 fully saturated rings. The number of nitrogens with two attached hydrogens (primary N) is 1. The fourth-order valence-electron chi connectivity index (χ4n) is 3.51. The second-order valence-corrected chi connectivity index (χ2v) is 7.33. The van der Waals surface area contributed by atoms with E-state index in [-0.39, 0.29) is 17.9 Å². The van der Waals surface area contributed by atoms with Crippen LogP contribution >= 0.6 is 11.6 Å². The van der Waals surface area contributed by atoms with Gasteiger partial charge in [0.05, 0.1) is 13.2 Å². The summed E-state index contributed by atoms with van der Waals surface area (Å²) in [5.74, 6) is 0.0557. The first-order valence-corrected chi connectivity index (χ1v) is 9.79. The molecule has 0 aromatic heterocycles. The van der Waals surface area contributed by atoms with E-state index in [4.69, 9.17) is 22.1 Å². The van der Waals surface area contributed by atoms with E-state index in [9.17, 15) is 9.59 Å². The van der Waals surface area contributed by atoms with Crippen LogP contribution in [0.25, 0.3) is 6.08 Å². The summed E-state index contributed by atoms with van der Waals surface area (Å²) in [5.41, 5.74) is 7.86. The quantitative estimate of drug-likeness (QED) is 0.681. The van der Waals surface area contributed by atoms with Gasteiger partial charge in [0.25, 0.3) is 0 Å². The molecule has 2 aromatic carbocycles. The van der Waals surface area contributed by atoms with Crippen molar-refractivity contribution < 1.29 is 14.3 Å². The highest BCUT2D eigenvalue weighted by Crippen LogP contribution is 2.25. The molecule has 1 aliphatic heterocycles. The van der Waals surface area contributed by atoms with E-state index in [1.807, 2.05) is 24.3 Å². The summed E-state index contributed by atoms with van der Waals surface area (Å²) in [7, 11) is 1.56. The lowest BCUT2D eigenvalue weighted by molar-refractivity contribution is -0.122. The number of carbonyl (C=O) groups excluding carboxylic acids is 2. The Bertz CT molecular complexity index is 929. The van der Waals surface area contributed by atoms with Crippen LogP contribution in [0.4, 0.5) is 5.69 Å². The summed E-state index contributed by atoms with van der Waals surface area (Å²) >= 11 is 6.03. The van der Waals surface area contributed by atoms with Crippen LogP contribution in [0.1, 0.15) is 24.0 Å². The van der Waals surface area contributed by atoms with Crippen molar-refractivity contribution in [3.63, 3.8) is 0 Å². The van der Waals surface area contributed by atoms with Crippen molar-refractivity contribution in [2.24, 2.45) is 5.73 Å². The highest BCUT2D eigenvalue weighted by molar-refractivity contribution is 6.30. The fourth-order valence-corrected chi connectivity index (χ4v) is 3.69. The Morgan fingerprint density at radius 3 is 2.86 bits per heavy atom. The van der Waals surface area contributed by atoms with Gasteiger partial charge in [-0.15, -0.1) is 0 Å². The standard InChI is InChI=1S/C22H24ClN3O3/c1-29-20-10-9-17(23)13-15(20)8-11-21(27)25-18-6-3-2-5-16(18)14-26-12-4-7-19(26)22(24)28/h2-3,5-6,8-11,13,19H,4,7,12,14H2,1H3,(H2,24,28)(H,25,27)/b11-8+. The number of amides is 2. The normalized spacial score (nSPS) is 16.8. The average molecular weight is 414 g/mol. The van der Waals surface area contributed by atoms with Gasteiger partial charge in [-0.05, 0) is 55.3 Å². The number of halogens is 1. The zero-order valence-electron chi connectivity index (χ0n) is 16.2. The maximum Gasteiger partial charge on any atom is 0.248 e. The summed E-state index contributed by atoms with van der Waals surface area (Å²) in [5, 5.41) is 3.47. The van der Waals surface area contributed by atoms with E-state index in [0.717, 1.165) is 24.9 Å². The average Bonchev–Trinajstić information content (AvgIpc) is 3.16. The van der Waals surface area contributed by atoms with Crippen molar-refractivity contribution in [3.8, 4) is 5.75 Å². The topological polar surface area (TPSA) is 84.7 Å². The molecule has 2 aromatic rings. The number of ether oxygens (including phenoxy) is 1. The molecule has 1 atom stereocenters. The monoisotopic (exact) mass is 413 g/mol. The van der Waals surface area contributed by atoms with E-state index in [2.05, 4.69) is 10.2 Å². The first-order chi connectivity index (χ1) is 14.0. The predicted octanol–water partition coefficient (Wildman–Crippen LogP) is 3.45. The maximum atomic E-state index is 12.5. The van der Waals surface area contributed by atoms with E-state index < -0.39 is 0 Å². The van der Waals surface area contributed by atoms with Crippen molar-refractivity contribution in [3.05, 3.63) is 64.7 Å². The molecule has 1 heterocycles. The summed E-state index contributed by atoms with van der Waals surface area (Å²) < 4.78 is 5.29. The van der Waals surface area contributed by atoms with E-state index >= 15 is 0 Å². The van der Waals surface area contributed by atoms with Gasteiger partial charge in [-0.25, -0.2) is 0 Å². The largest absolute Gasteiger partial charge is 0.496 e. The number of benzene rings is 2. The molecule has 7 heteroatoms. The minimum absolute atomic E-state index is 0.256.